The van der Waals surface area contributed by atoms with Crippen molar-refractivity contribution in [3.05, 3.63) is 29.8 Å². The lowest BCUT2D eigenvalue weighted by molar-refractivity contribution is -0.137. The number of hydrogen-bond acceptors (Lipinski definition) is 5. The SMILES string of the molecule is O=C1COc2c(NCc3ncn[nH]3)cc(C(F)(F)F)cc2N1. The molecular formula is C12H10F3N5O2. The molecule has 0 aliphatic carbocycles. The molecule has 0 bridgehead atoms. The van der Waals surface area contributed by atoms with E-state index in [0.29, 0.717) is 5.82 Å². The summed E-state index contributed by atoms with van der Waals surface area (Å²) in [5, 5.41) is 11.4. The summed E-state index contributed by atoms with van der Waals surface area (Å²) in [7, 11) is 0. The number of alkyl halides is 3. The summed E-state index contributed by atoms with van der Waals surface area (Å²) >= 11 is 0. The van der Waals surface area contributed by atoms with E-state index in [4.69, 9.17) is 4.74 Å². The number of fused-ring (bicyclic) bond motifs is 1. The molecule has 0 saturated carbocycles. The normalized spacial score (nSPS) is 14.0. The Hall–Kier alpha value is -2.78. The molecule has 3 rings (SSSR count). The largest absolute Gasteiger partial charge is 0.479 e. The highest BCUT2D eigenvalue weighted by atomic mass is 19.4. The van der Waals surface area contributed by atoms with E-state index in [1.165, 1.54) is 6.33 Å². The highest BCUT2D eigenvalue weighted by Gasteiger charge is 2.33. The highest BCUT2D eigenvalue weighted by Crippen LogP contribution is 2.42. The van der Waals surface area contributed by atoms with Crippen molar-refractivity contribution in [2.45, 2.75) is 12.7 Å². The molecule has 0 atom stereocenters. The molecule has 1 aliphatic rings. The number of aromatic nitrogens is 3. The lowest BCUT2D eigenvalue weighted by Crippen LogP contribution is -2.26. The van der Waals surface area contributed by atoms with Crippen LogP contribution in [0.5, 0.6) is 5.75 Å². The van der Waals surface area contributed by atoms with Crippen molar-refractivity contribution in [2.75, 3.05) is 17.2 Å². The number of ether oxygens (including phenoxy) is 1. The molecule has 7 nitrogen and oxygen atoms in total. The van der Waals surface area contributed by atoms with Crippen LogP contribution in [0, 0.1) is 0 Å². The summed E-state index contributed by atoms with van der Waals surface area (Å²) in [5.74, 6) is 0.103. The number of nitrogens with zero attached hydrogens (tertiary/aromatic N) is 2. The van der Waals surface area contributed by atoms with Crippen LogP contribution in [-0.4, -0.2) is 27.7 Å². The van der Waals surface area contributed by atoms with Crippen LogP contribution in [-0.2, 0) is 17.5 Å². The van der Waals surface area contributed by atoms with Gasteiger partial charge in [-0.2, -0.15) is 18.3 Å². The zero-order valence-electron chi connectivity index (χ0n) is 11.0. The van der Waals surface area contributed by atoms with Crippen molar-refractivity contribution in [3.63, 3.8) is 0 Å². The summed E-state index contributed by atoms with van der Waals surface area (Å²) < 4.78 is 44.0. The third kappa shape index (κ3) is 2.80. The van der Waals surface area contributed by atoms with E-state index in [9.17, 15) is 18.0 Å². The number of hydrogen-bond donors (Lipinski definition) is 3. The van der Waals surface area contributed by atoms with E-state index < -0.39 is 17.6 Å². The standard InChI is InChI=1S/C12H10F3N5O2/c13-12(14,15)6-1-7(16-3-9-17-5-18-20-9)11-8(2-6)19-10(21)4-22-11/h1-2,5,16H,3-4H2,(H,19,21)(H,17,18,20). The molecule has 1 aromatic heterocycles. The van der Waals surface area contributed by atoms with Crippen LogP contribution in [0.15, 0.2) is 18.5 Å². The van der Waals surface area contributed by atoms with Gasteiger partial charge in [0.15, 0.2) is 12.4 Å². The number of rotatable bonds is 3. The first-order valence-electron chi connectivity index (χ1n) is 6.19. The van der Waals surface area contributed by atoms with E-state index in [1.807, 2.05) is 0 Å². The number of benzene rings is 1. The van der Waals surface area contributed by atoms with E-state index >= 15 is 0 Å². The van der Waals surface area contributed by atoms with Crippen molar-refractivity contribution < 1.29 is 22.7 Å². The van der Waals surface area contributed by atoms with Gasteiger partial charge in [0.1, 0.15) is 12.2 Å². The second kappa shape index (κ2) is 5.20. The Morgan fingerprint density at radius 1 is 1.36 bits per heavy atom. The summed E-state index contributed by atoms with van der Waals surface area (Å²) in [6.45, 7) is -0.125. The van der Waals surface area contributed by atoms with Crippen LogP contribution in [0.2, 0.25) is 0 Å². The number of carbonyl (C=O) groups excluding carboxylic acids is 1. The van der Waals surface area contributed by atoms with Crippen molar-refractivity contribution in [1.29, 1.82) is 0 Å². The van der Waals surface area contributed by atoms with Gasteiger partial charge in [0, 0.05) is 0 Å². The van der Waals surface area contributed by atoms with Crippen molar-refractivity contribution in [3.8, 4) is 5.75 Å². The molecule has 2 aromatic rings. The van der Waals surface area contributed by atoms with Gasteiger partial charge in [-0.3, -0.25) is 9.89 Å². The van der Waals surface area contributed by atoms with Crippen LogP contribution in [0.3, 0.4) is 0 Å². The molecule has 0 fully saturated rings. The molecule has 0 spiro atoms. The fourth-order valence-corrected chi connectivity index (χ4v) is 1.99. The number of H-pyrrole nitrogens is 1. The smallest absolute Gasteiger partial charge is 0.416 e. The van der Waals surface area contributed by atoms with Crippen molar-refractivity contribution >= 4 is 17.3 Å². The first-order valence-corrected chi connectivity index (χ1v) is 6.19. The van der Waals surface area contributed by atoms with Gasteiger partial charge in [0.25, 0.3) is 5.91 Å². The first kappa shape index (κ1) is 14.2. The van der Waals surface area contributed by atoms with Gasteiger partial charge in [-0.15, -0.1) is 0 Å². The average Bonchev–Trinajstić information content (AvgIpc) is 2.96. The van der Waals surface area contributed by atoms with Crippen LogP contribution in [0.4, 0.5) is 24.5 Å². The lowest BCUT2D eigenvalue weighted by atomic mass is 10.1. The molecule has 0 radical (unpaired) electrons. The monoisotopic (exact) mass is 313 g/mol. The number of amides is 1. The van der Waals surface area contributed by atoms with E-state index in [-0.39, 0.29) is 30.3 Å². The predicted molar refractivity (Wildman–Crippen MR) is 69.3 cm³/mol. The Labute approximate surface area is 121 Å². The second-order valence-corrected chi connectivity index (χ2v) is 4.52. The summed E-state index contributed by atoms with van der Waals surface area (Å²) in [5.41, 5.74) is -0.801. The average molecular weight is 313 g/mol. The van der Waals surface area contributed by atoms with Crippen molar-refractivity contribution in [1.82, 2.24) is 15.2 Å². The van der Waals surface area contributed by atoms with Gasteiger partial charge in [-0.1, -0.05) is 0 Å². The first-order chi connectivity index (χ1) is 10.4. The van der Waals surface area contributed by atoms with Gasteiger partial charge in [-0.25, -0.2) is 4.98 Å². The quantitative estimate of drug-likeness (QED) is 0.803. The molecule has 0 unspecified atom stereocenters. The molecule has 22 heavy (non-hydrogen) atoms. The molecule has 0 saturated heterocycles. The van der Waals surface area contributed by atoms with Crippen LogP contribution >= 0.6 is 0 Å². The van der Waals surface area contributed by atoms with Gasteiger partial charge in [-0.05, 0) is 12.1 Å². The fraction of sp³-hybridized carbons (Fsp3) is 0.250. The van der Waals surface area contributed by atoms with Crippen LogP contribution in [0.1, 0.15) is 11.4 Å². The molecule has 1 amide bonds. The minimum atomic E-state index is -4.54. The fourth-order valence-electron chi connectivity index (χ4n) is 1.99. The maximum absolute atomic E-state index is 12.9. The second-order valence-electron chi connectivity index (χ2n) is 4.52. The van der Waals surface area contributed by atoms with Gasteiger partial charge in [0.2, 0.25) is 0 Å². The Kier molecular flexibility index (Phi) is 3.35. The molecule has 1 aliphatic heterocycles. The third-order valence-corrected chi connectivity index (χ3v) is 2.95. The predicted octanol–water partition coefficient (Wildman–Crippen LogP) is 1.77. The Bertz CT molecular complexity index is 700. The number of carbonyl (C=O) groups is 1. The van der Waals surface area contributed by atoms with Gasteiger partial charge in [0.05, 0.1) is 23.5 Å². The Morgan fingerprint density at radius 2 is 2.18 bits per heavy atom. The van der Waals surface area contributed by atoms with Crippen LogP contribution < -0.4 is 15.4 Å². The molecule has 1 aromatic carbocycles. The zero-order valence-corrected chi connectivity index (χ0v) is 11.0. The third-order valence-electron chi connectivity index (χ3n) is 2.95. The van der Waals surface area contributed by atoms with E-state index in [0.717, 1.165) is 12.1 Å². The topological polar surface area (TPSA) is 91.9 Å². The van der Waals surface area contributed by atoms with E-state index in [2.05, 4.69) is 25.8 Å². The summed E-state index contributed by atoms with van der Waals surface area (Å²) in [6.07, 6.45) is -3.25. The maximum atomic E-state index is 12.9. The number of anilines is 2. The Morgan fingerprint density at radius 3 is 2.86 bits per heavy atom. The van der Waals surface area contributed by atoms with Crippen molar-refractivity contribution in [2.24, 2.45) is 0 Å². The number of nitrogens with one attached hydrogen (secondary N) is 3. The van der Waals surface area contributed by atoms with Gasteiger partial charge >= 0.3 is 6.18 Å². The van der Waals surface area contributed by atoms with Crippen LogP contribution in [0.25, 0.3) is 0 Å². The minimum Gasteiger partial charge on any atom is -0.479 e. The summed E-state index contributed by atoms with van der Waals surface area (Å²) in [6, 6.07) is 1.76. The highest BCUT2D eigenvalue weighted by molar-refractivity contribution is 5.97. The van der Waals surface area contributed by atoms with Gasteiger partial charge < -0.3 is 15.4 Å². The summed E-state index contributed by atoms with van der Waals surface area (Å²) in [4.78, 5) is 15.1. The van der Waals surface area contributed by atoms with E-state index in [1.54, 1.807) is 0 Å². The maximum Gasteiger partial charge on any atom is 0.416 e. The number of halogens is 3. The molecule has 2 heterocycles. The minimum absolute atomic E-state index is 0.0221. The number of aromatic amines is 1. The molecule has 116 valence electrons. The zero-order chi connectivity index (χ0) is 15.7. The molecular weight excluding hydrogens is 303 g/mol. The Balaban J connectivity index is 1.95. The molecule has 3 N–H and O–H groups in total. The lowest BCUT2D eigenvalue weighted by Gasteiger charge is -2.23. The molecule has 10 heteroatoms.